The molecule has 1 heterocycles. The van der Waals surface area contributed by atoms with E-state index >= 15 is 0 Å². The highest BCUT2D eigenvalue weighted by Gasteiger charge is 2.25. The van der Waals surface area contributed by atoms with Crippen molar-refractivity contribution in [3.8, 4) is 23.0 Å². The molecule has 6 heteroatoms. The van der Waals surface area contributed by atoms with Crippen LogP contribution in [-0.4, -0.2) is 18.5 Å². The van der Waals surface area contributed by atoms with Gasteiger partial charge in [0.25, 0.3) is 0 Å². The molecule has 1 atom stereocenters. The fourth-order valence-electron chi connectivity index (χ4n) is 3.09. The van der Waals surface area contributed by atoms with Crippen molar-refractivity contribution in [3.63, 3.8) is 0 Å². The third kappa shape index (κ3) is 4.58. The third-order valence-electron chi connectivity index (χ3n) is 4.14. The SMILES string of the molecule is CCOc1cc(OC(C)=O)ccc1C1CCc2ccc(OC(C)=O)cc2O1. The number of benzene rings is 2. The molecule has 0 fully saturated rings. The van der Waals surface area contributed by atoms with Crippen molar-refractivity contribution < 1.29 is 28.5 Å². The van der Waals surface area contributed by atoms with Crippen LogP contribution in [0, 0.1) is 0 Å². The van der Waals surface area contributed by atoms with E-state index in [2.05, 4.69) is 0 Å². The van der Waals surface area contributed by atoms with E-state index in [1.807, 2.05) is 19.1 Å². The minimum Gasteiger partial charge on any atom is -0.493 e. The molecular weight excluding hydrogens is 348 g/mol. The van der Waals surface area contributed by atoms with E-state index in [1.54, 1.807) is 24.3 Å². The van der Waals surface area contributed by atoms with E-state index in [0.29, 0.717) is 29.6 Å². The molecule has 0 saturated heterocycles. The summed E-state index contributed by atoms with van der Waals surface area (Å²) in [6.07, 6.45) is 1.41. The summed E-state index contributed by atoms with van der Waals surface area (Å²) in [7, 11) is 0. The Balaban J connectivity index is 1.87. The lowest BCUT2D eigenvalue weighted by molar-refractivity contribution is -0.132. The molecule has 0 saturated carbocycles. The van der Waals surface area contributed by atoms with Crippen LogP contribution >= 0.6 is 0 Å². The lowest BCUT2D eigenvalue weighted by Crippen LogP contribution is -2.16. The molecule has 1 aliphatic heterocycles. The van der Waals surface area contributed by atoms with Crippen molar-refractivity contribution in [2.75, 3.05) is 6.61 Å². The van der Waals surface area contributed by atoms with Crippen LogP contribution in [0.2, 0.25) is 0 Å². The van der Waals surface area contributed by atoms with Gasteiger partial charge >= 0.3 is 11.9 Å². The quantitative estimate of drug-likeness (QED) is 0.585. The topological polar surface area (TPSA) is 71.1 Å². The summed E-state index contributed by atoms with van der Waals surface area (Å²) in [4.78, 5) is 22.4. The Hall–Kier alpha value is -3.02. The van der Waals surface area contributed by atoms with Crippen LogP contribution in [0.3, 0.4) is 0 Å². The number of aryl methyl sites for hydroxylation is 1. The van der Waals surface area contributed by atoms with Gasteiger partial charge in [-0.05, 0) is 43.5 Å². The molecule has 0 spiro atoms. The molecule has 0 aliphatic carbocycles. The average molecular weight is 370 g/mol. The van der Waals surface area contributed by atoms with Gasteiger partial charge in [0.2, 0.25) is 0 Å². The van der Waals surface area contributed by atoms with Crippen LogP contribution in [0.15, 0.2) is 36.4 Å². The molecule has 2 aromatic rings. The van der Waals surface area contributed by atoms with Crippen LogP contribution in [0.1, 0.15) is 44.4 Å². The van der Waals surface area contributed by atoms with Crippen LogP contribution in [0.5, 0.6) is 23.0 Å². The van der Waals surface area contributed by atoms with Crippen molar-refractivity contribution >= 4 is 11.9 Å². The fraction of sp³-hybridized carbons (Fsp3) is 0.333. The second-order valence-electron chi connectivity index (χ2n) is 6.23. The number of rotatable bonds is 5. The zero-order chi connectivity index (χ0) is 19.4. The van der Waals surface area contributed by atoms with Gasteiger partial charge in [-0.3, -0.25) is 9.59 Å². The molecule has 142 valence electrons. The van der Waals surface area contributed by atoms with Crippen LogP contribution in [0.25, 0.3) is 0 Å². The van der Waals surface area contributed by atoms with E-state index in [-0.39, 0.29) is 18.0 Å². The molecule has 3 rings (SSSR count). The van der Waals surface area contributed by atoms with Crippen LogP contribution in [-0.2, 0) is 16.0 Å². The monoisotopic (exact) mass is 370 g/mol. The Morgan fingerprint density at radius 3 is 2.37 bits per heavy atom. The normalized spacial score (nSPS) is 15.3. The minimum absolute atomic E-state index is 0.210. The molecular formula is C21H22O6. The molecule has 1 unspecified atom stereocenters. The minimum atomic E-state index is -0.383. The molecule has 6 nitrogen and oxygen atoms in total. The van der Waals surface area contributed by atoms with Gasteiger partial charge in [0.1, 0.15) is 29.1 Å². The summed E-state index contributed by atoms with van der Waals surface area (Å²) in [5, 5.41) is 0. The molecule has 0 N–H and O–H groups in total. The van der Waals surface area contributed by atoms with E-state index < -0.39 is 0 Å². The number of hydrogen-bond donors (Lipinski definition) is 0. The first-order valence-electron chi connectivity index (χ1n) is 8.89. The number of ether oxygens (including phenoxy) is 4. The van der Waals surface area contributed by atoms with Gasteiger partial charge in [-0.1, -0.05) is 6.07 Å². The predicted octanol–water partition coefficient (Wildman–Crippen LogP) is 4.00. The largest absolute Gasteiger partial charge is 0.493 e. The Kier molecular flexibility index (Phi) is 5.64. The summed E-state index contributed by atoms with van der Waals surface area (Å²) >= 11 is 0. The second kappa shape index (κ2) is 8.12. The van der Waals surface area contributed by atoms with Gasteiger partial charge < -0.3 is 18.9 Å². The van der Waals surface area contributed by atoms with Crippen LogP contribution in [0.4, 0.5) is 0 Å². The maximum Gasteiger partial charge on any atom is 0.308 e. The highest BCUT2D eigenvalue weighted by Crippen LogP contribution is 2.40. The Labute approximate surface area is 158 Å². The van der Waals surface area contributed by atoms with Crippen molar-refractivity contribution in [1.29, 1.82) is 0 Å². The van der Waals surface area contributed by atoms with Gasteiger partial charge in [-0.15, -0.1) is 0 Å². The fourth-order valence-corrected chi connectivity index (χ4v) is 3.09. The van der Waals surface area contributed by atoms with Crippen molar-refractivity contribution in [3.05, 3.63) is 47.5 Å². The lowest BCUT2D eigenvalue weighted by atomic mass is 9.96. The summed E-state index contributed by atoms with van der Waals surface area (Å²) in [6.45, 7) is 5.10. The summed E-state index contributed by atoms with van der Waals surface area (Å²) in [5.41, 5.74) is 1.95. The molecule has 0 aromatic heterocycles. The zero-order valence-corrected chi connectivity index (χ0v) is 15.6. The van der Waals surface area contributed by atoms with Gasteiger partial charge in [0, 0.05) is 31.5 Å². The number of esters is 2. The lowest BCUT2D eigenvalue weighted by Gasteiger charge is -2.28. The summed E-state index contributed by atoms with van der Waals surface area (Å²) in [5.74, 6) is 1.45. The maximum atomic E-state index is 11.2. The van der Waals surface area contributed by atoms with Gasteiger partial charge in [0.05, 0.1) is 6.61 Å². The van der Waals surface area contributed by atoms with E-state index in [0.717, 1.165) is 24.0 Å². The smallest absolute Gasteiger partial charge is 0.308 e. The van der Waals surface area contributed by atoms with Crippen molar-refractivity contribution in [2.45, 2.75) is 39.7 Å². The van der Waals surface area contributed by atoms with Crippen molar-refractivity contribution in [2.24, 2.45) is 0 Å². The van der Waals surface area contributed by atoms with Crippen molar-refractivity contribution in [1.82, 2.24) is 0 Å². The number of carbonyl (C=O) groups is 2. The highest BCUT2D eigenvalue weighted by molar-refractivity contribution is 5.70. The van der Waals surface area contributed by atoms with E-state index in [9.17, 15) is 9.59 Å². The summed E-state index contributed by atoms with van der Waals surface area (Å²) < 4.78 is 22.2. The molecule has 27 heavy (non-hydrogen) atoms. The first kappa shape index (κ1) is 18.8. The maximum absolute atomic E-state index is 11.2. The average Bonchev–Trinajstić information content (AvgIpc) is 2.60. The highest BCUT2D eigenvalue weighted by atomic mass is 16.5. The van der Waals surface area contributed by atoms with Gasteiger partial charge in [0.15, 0.2) is 0 Å². The Bertz CT molecular complexity index is 858. The number of fused-ring (bicyclic) bond motifs is 1. The molecule has 0 radical (unpaired) electrons. The molecule has 1 aliphatic rings. The van der Waals surface area contributed by atoms with E-state index in [4.69, 9.17) is 18.9 Å². The first-order valence-corrected chi connectivity index (χ1v) is 8.89. The molecule has 2 aromatic carbocycles. The molecule has 0 amide bonds. The number of carbonyl (C=O) groups excluding carboxylic acids is 2. The van der Waals surface area contributed by atoms with Gasteiger partial charge in [-0.25, -0.2) is 0 Å². The second-order valence-corrected chi connectivity index (χ2v) is 6.23. The zero-order valence-electron chi connectivity index (χ0n) is 15.6. The molecule has 0 bridgehead atoms. The van der Waals surface area contributed by atoms with Crippen LogP contribution < -0.4 is 18.9 Å². The standard InChI is InChI=1S/C21H22O6/c1-4-24-21-12-17(26-14(3)23)8-9-18(21)19-10-6-15-5-7-16(25-13(2)22)11-20(15)27-19/h5,7-9,11-12,19H,4,6,10H2,1-3H3. The predicted molar refractivity (Wildman–Crippen MR) is 98.4 cm³/mol. The summed E-state index contributed by atoms with van der Waals surface area (Å²) in [6, 6.07) is 10.7. The van der Waals surface area contributed by atoms with Gasteiger partial charge in [-0.2, -0.15) is 0 Å². The third-order valence-corrected chi connectivity index (χ3v) is 4.14. The Morgan fingerprint density at radius 1 is 1.04 bits per heavy atom. The Morgan fingerprint density at radius 2 is 1.70 bits per heavy atom. The number of hydrogen-bond acceptors (Lipinski definition) is 6. The van der Waals surface area contributed by atoms with E-state index in [1.165, 1.54) is 13.8 Å². The first-order chi connectivity index (χ1) is 13.0.